The molecule has 0 aliphatic rings. The molecule has 41 valence electrons. The van der Waals surface area contributed by atoms with Gasteiger partial charge in [-0.15, -0.1) is 0 Å². The van der Waals surface area contributed by atoms with Gasteiger partial charge >= 0.3 is 7.56 Å². The van der Waals surface area contributed by atoms with E-state index in [0.29, 0.717) is 7.56 Å². The fraction of sp³-hybridized carbons (Fsp3) is 1.00. The minimum Gasteiger partial charge on any atom is -0.384 e. The molecule has 0 saturated carbocycles. The van der Waals surface area contributed by atoms with Crippen LogP contribution in [0.15, 0.2) is 0 Å². The maximum Gasteiger partial charge on any atom is 0.389 e. The van der Waals surface area contributed by atoms with Gasteiger partial charge in [0.25, 0.3) is 0 Å². The molecular weight excluding hydrogens is 93.9 g/mol. The van der Waals surface area contributed by atoms with Gasteiger partial charge in [-0.25, -0.2) is 0 Å². The summed E-state index contributed by atoms with van der Waals surface area (Å²) in [7, 11) is 1.99. The first-order valence-corrected chi connectivity index (χ1v) is 2.12. The third-order valence-electron chi connectivity index (χ3n) is 0.789. The Kier molecular flexibility index (Phi) is 2.30. The summed E-state index contributed by atoms with van der Waals surface area (Å²) in [6.07, 6.45) is 0. The molecule has 0 heterocycles. The summed E-state index contributed by atoms with van der Waals surface area (Å²) in [5, 5.41) is 0. The van der Waals surface area contributed by atoms with Crippen LogP contribution < -0.4 is 0 Å². The van der Waals surface area contributed by atoms with Crippen LogP contribution in [0.3, 0.4) is 0 Å². The molecule has 0 saturated heterocycles. The zero-order chi connectivity index (χ0) is 5.91. The van der Waals surface area contributed by atoms with Gasteiger partial charge in [0, 0.05) is 7.11 Å². The van der Waals surface area contributed by atoms with Crippen molar-refractivity contribution in [3.8, 4) is 0 Å². The van der Waals surface area contributed by atoms with Gasteiger partial charge in [0.1, 0.15) is 0 Å². The fourth-order valence-electron chi connectivity index (χ4n) is 0.0445. The Morgan fingerprint density at radius 1 is 1.57 bits per heavy atom. The van der Waals surface area contributed by atoms with Crippen LogP contribution in [-0.2, 0) is 4.74 Å². The van der Waals surface area contributed by atoms with Crippen molar-refractivity contribution in [2.75, 3.05) is 7.11 Å². The van der Waals surface area contributed by atoms with Crippen LogP contribution in [0.25, 0.3) is 0 Å². The highest BCUT2D eigenvalue weighted by Gasteiger charge is 2.18. The van der Waals surface area contributed by atoms with E-state index in [1.165, 1.54) is 7.11 Å². The Labute approximate surface area is 44.1 Å². The van der Waals surface area contributed by atoms with Gasteiger partial charge < -0.3 is 9.05 Å². The van der Waals surface area contributed by atoms with Crippen molar-refractivity contribution < 1.29 is 9.05 Å². The molecule has 0 unspecified atom stereocenters. The van der Waals surface area contributed by atoms with Crippen LogP contribution in [0.5, 0.6) is 0 Å². The van der Waals surface area contributed by atoms with Gasteiger partial charge in [0.15, 0.2) is 0 Å². The standard InChI is InChI=1S/C4H9BFO/c1-4(2,5-6)7-3/h1-3H3. The Morgan fingerprint density at radius 2 is 2.00 bits per heavy atom. The number of ether oxygens (including phenoxy) is 1. The van der Waals surface area contributed by atoms with Crippen molar-refractivity contribution in [3.05, 3.63) is 0 Å². The quantitative estimate of drug-likeness (QED) is 0.473. The van der Waals surface area contributed by atoms with Gasteiger partial charge in [-0.1, -0.05) is 0 Å². The summed E-state index contributed by atoms with van der Waals surface area (Å²) in [6, 6.07) is 0. The highest BCUT2D eigenvalue weighted by molar-refractivity contribution is 6.30. The fourth-order valence-corrected chi connectivity index (χ4v) is 0.0445. The maximum absolute atomic E-state index is 11.5. The summed E-state index contributed by atoms with van der Waals surface area (Å²) in [5.41, 5.74) is -0.708. The maximum atomic E-state index is 11.5. The Balaban J connectivity index is 3.36. The summed E-state index contributed by atoms with van der Waals surface area (Å²) in [6.45, 7) is 3.29. The van der Waals surface area contributed by atoms with Crippen molar-refractivity contribution in [3.63, 3.8) is 0 Å². The Morgan fingerprint density at radius 3 is 2.00 bits per heavy atom. The van der Waals surface area contributed by atoms with Crippen LogP contribution in [0, 0.1) is 0 Å². The molecular formula is C4H9BFO. The zero-order valence-electron chi connectivity index (χ0n) is 4.86. The molecule has 0 aliphatic heterocycles. The van der Waals surface area contributed by atoms with E-state index in [1.54, 1.807) is 13.8 Å². The number of hydrogen-bond donors (Lipinski definition) is 0. The molecule has 0 fully saturated rings. The van der Waals surface area contributed by atoms with E-state index >= 15 is 0 Å². The summed E-state index contributed by atoms with van der Waals surface area (Å²) in [5.74, 6) is 0. The summed E-state index contributed by atoms with van der Waals surface area (Å²) in [4.78, 5) is 0. The molecule has 0 N–H and O–H groups in total. The van der Waals surface area contributed by atoms with E-state index in [2.05, 4.69) is 4.74 Å². The third-order valence-corrected chi connectivity index (χ3v) is 0.789. The topological polar surface area (TPSA) is 9.23 Å². The first-order valence-electron chi connectivity index (χ1n) is 2.12. The average Bonchev–Trinajstić information content (AvgIpc) is 1.68. The second-order valence-corrected chi connectivity index (χ2v) is 1.92. The van der Waals surface area contributed by atoms with E-state index < -0.39 is 5.50 Å². The van der Waals surface area contributed by atoms with E-state index in [4.69, 9.17) is 0 Å². The second-order valence-electron chi connectivity index (χ2n) is 1.92. The molecule has 0 amide bonds. The molecule has 0 bridgehead atoms. The molecule has 0 spiro atoms. The van der Waals surface area contributed by atoms with E-state index in [-0.39, 0.29) is 0 Å². The largest absolute Gasteiger partial charge is 0.389 e. The number of rotatable bonds is 2. The van der Waals surface area contributed by atoms with Crippen LogP contribution >= 0.6 is 0 Å². The zero-order valence-corrected chi connectivity index (χ0v) is 4.86. The van der Waals surface area contributed by atoms with Gasteiger partial charge in [0.2, 0.25) is 0 Å². The second kappa shape index (κ2) is 2.31. The van der Waals surface area contributed by atoms with Gasteiger partial charge in [-0.2, -0.15) is 0 Å². The van der Waals surface area contributed by atoms with Crippen LogP contribution in [0.4, 0.5) is 4.32 Å². The number of hydrogen-bond acceptors (Lipinski definition) is 1. The molecule has 0 aromatic heterocycles. The van der Waals surface area contributed by atoms with Crippen molar-refractivity contribution in [1.29, 1.82) is 0 Å². The van der Waals surface area contributed by atoms with Crippen LogP contribution in [0.1, 0.15) is 13.8 Å². The molecule has 0 aromatic rings. The monoisotopic (exact) mass is 103 g/mol. The molecule has 0 aromatic carbocycles. The molecule has 1 nitrogen and oxygen atoms in total. The van der Waals surface area contributed by atoms with Crippen LogP contribution in [0.2, 0.25) is 0 Å². The lowest BCUT2D eigenvalue weighted by Gasteiger charge is -2.15. The van der Waals surface area contributed by atoms with E-state index in [9.17, 15) is 4.32 Å². The van der Waals surface area contributed by atoms with Gasteiger partial charge in [-0.05, 0) is 13.8 Å². The van der Waals surface area contributed by atoms with E-state index in [1.807, 2.05) is 0 Å². The molecule has 0 aliphatic carbocycles. The third kappa shape index (κ3) is 2.63. The lowest BCUT2D eigenvalue weighted by molar-refractivity contribution is 0.0873. The number of halogens is 1. The van der Waals surface area contributed by atoms with Gasteiger partial charge in [-0.3, -0.25) is 0 Å². The predicted molar refractivity (Wildman–Crippen MR) is 27.9 cm³/mol. The lowest BCUT2D eigenvalue weighted by Crippen LogP contribution is -2.27. The van der Waals surface area contributed by atoms with Crippen LogP contribution in [-0.4, -0.2) is 20.2 Å². The molecule has 3 heteroatoms. The summed E-state index contributed by atoms with van der Waals surface area (Å²) >= 11 is 0. The predicted octanol–water partition coefficient (Wildman–Crippen LogP) is 0.958. The smallest absolute Gasteiger partial charge is 0.384 e. The Hall–Kier alpha value is -0.0451. The molecule has 0 rings (SSSR count). The van der Waals surface area contributed by atoms with Crippen molar-refractivity contribution in [2.45, 2.75) is 19.3 Å². The van der Waals surface area contributed by atoms with Crippen molar-refractivity contribution in [1.82, 2.24) is 0 Å². The molecule has 0 atom stereocenters. The minimum atomic E-state index is -0.708. The SMILES string of the molecule is COC(C)(C)[B]F. The normalized spacial score (nSPS) is 11.4. The molecule has 7 heavy (non-hydrogen) atoms. The van der Waals surface area contributed by atoms with Gasteiger partial charge in [0.05, 0.1) is 5.50 Å². The van der Waals surface area contributed by atoms with Crippen molar-refractivity contribution in [2.24, 2.45) is 0 Å². The summed E-state index contributed by atoms with van der Waals surface area (Å²) < 4.78 is 16.2. The average molecular weight is 103 g/mol. The van der Waals surface area contributed by atoms with Crippen molar-refractivity contribution >= 4 is 7.56 Å². The highest BCUT2D eigenvalue weighted by Crippen LogP contribution is 2.03. The number of methoxy groups -OCH3 is 1. The Bertz CT molecular complexity index is 49.7. The van der Waals surface area contributed by atoms with E-state index in [0.717, 1.165) is 0 Å². The minimum absolute atomic E-state index is 0.521. The highest BCUT2D eigenvalue weighted by atomic mass is 19.1. The first-order chi connectivity index (χ1) is 3.12. The molecule has 1 radical (unpaired) electrons. The first kappa shape index (κ1) is 6.95. The lowest BCUT2D eigenvalue weighted by atomic mass is 9.81.